The highest BCUT2D eigenvalue weighted by atomic mass is 79.9. The molecule has 4 nitrogen and oxygen atoms in total. The van der Waals surface area contributed by atoms with Crippen molar-refractivity contribution >= 4 is 21.7 Å². The molecule has 1 saturated carbocycles. The van der Waals surface area contributed by atoms with Crippen LogP contribution in [0, 0.1) is 5.92 Å². The molecule has 5 heteroatoms. The molecule has 1 fully saturated rings. The molecule has 0 spiro atoms. The fraction of sp³-hybridized carbons (Fsp3) is 0.636. The van der Waals surface area contributed by atoms with Crippen molar-refractivity contribution in [3.63, 3.8) is 0 Å². The minimum Gasteiger partial charge on any atom is -0.378 e. The zero-order valence-corrected chi connectivity index (χ0v) is 11.2. The minimum absolute atomic E-state index is 0.509. The topological polar surface area (TPSA) is 47.0 Å². The summed E-state index contributed by atoms with van der Waals surface area (Å²) in [6, 6.07) is 0. The van der Waals surface area contributed by atoms with Crippen LogP contribution in [-0.2, 0) is 17.8 Å². The maximum absolute atomic E-state index is 5.14. The number of methoxy groups -OCH3 is 1. The van der Waals surface area contributed by atoms with Gasteiger partial charge in [0.1, 0.15) is 11.6 Å². The second-order valence-corrected chi connectivity index (χ2v) is 4.87. The summed E-state index contributed by atoms with van der Waals surface area (Å²) in [7, 11) is 3.54. The number of nitrogens with zero attached hydrogens (tertiary/aromatic N) is 2. The van der Waals surface area contributed by atoms with E-state index in [2.05, 4.69) is 31.2 Å². The van der Waals surface area contributed by atoms with E-state index in [1.807, 2.05) is 7.05 Å². The Kier molecular flexibility index (Phi) is 3.76. The number of hydrogen-bond donors (Lipinski definition) is 1. The van der Waals surface area contributed by atoms with Crippen LogP contribution in [0.3, 0.4) is 0 Å². The Morgan fingerprint density at radius 2 is 2.19 bits per heavy atom. The van der Waals surface area contributed by atoms with Crippen molar-refractivity contribution in [2.45, 2.75) is 25.9 Å². The molecule has 1 N–H and O–H groups in total. The van der Waals surface area contributed by atoms with Gasteiger partial charge in [-0.3, -0.25) is 0 Å². The second-order valence-electron chi connectivity index (χ2n) is 4.08. The summed E-state index contributed by atoms with van der Waals surface area (Å²) in [5.74, 6) is 2.56. The molecule has 2 rings (SSSR count). The van der Waals surface area contributed by atoms with Gasteiger partial charge in [0.05, 0.1) is 16.8 Å². The first-order chi connectivity index (χ1) is 7.74. The van der Waals surface area contributed by atoms with Crippen LogP contribution in [0.15, 0.2) is 4.47 Å². The number of aromatic nitrogens is 2. The van der Waals surface area contributed by atoms with Crippen molar-refractivity contribution in [1.29, 1.82) is 0 Å². The van der Waals surface area contributed by atoms with Crippen molar-refractivity contribution in [2.75, 3.05) is 19.5 Å². The average molecular weight is 286 g/mol. The van der Waals surface area contributed by atoms with Gasteiger partial charge in [0.2, 0.25) is 0 Å². The van der Waals surface area contributed by atoms with E-state index in [4.69, 9.17) is 4.74 Å². The summed E-state index contributed by atoms with van der Waals surface area (Å²) in [4.78, 5) is 9.02. The molecule has 1 aromatic heterocycles. The van der Waals surface area contributed by atoms with Crippen LogP contribution in [0.4, 0.5) is 5.82 Å². The van der Waals surface area contributed by atoms with Crippen LogP contribution < -0.4 is 5.32 Å². The lowest BCUT2D eigenvalue weighted by Gasteiger charge is -2.10. The Hall–Kier alpha value is -0.680. The number of halogens is 1. The predicted molar refractivity (Wildman–Crippen MR) is 66.4 cm³/mol. The van der Waals surface area contributed by atoms with Gasteiger partial charge in [-0.2, -0.15) is 0 Å². The fourth-order valence-corrected chi connectivity index (χ4v) is 2.10. The maximum atomic E-state index is 5.14. The molecule has 1 heterocycles. The lowest BCUT2D eigenvalue weighted by Crippen LogP contribution is -2.07. The van der Waals surface area contributed by atoms with Crippen molar-refractivity contribution in [1.82, 2.24) is 9.97 Å². The summed E-state index contributed by atoms with van der Waals surface area (Å²) < 4.78 is 6.04. The van der Waals surface area contributed by atoms with Crippen LogP contribution >= 0.6 is 15.9 Å². The maximum Gasteiger partial charge on any atom is 0.144 e. The van der Waals surface area contributed by atoms with E-state index in [0.717, 1.165) is 34.1 Å². The van der Waals surface area contributed by atoms with Crippen molar-refractivity contribution in [2.24, 2.45) is 5.92 Å². The van der Waals surface area contributed by atoms with Crippen molar-refractivity contribution in [3.05, 3.63) is 16.0 Å². The third-order valence-corrected chi connectivity index (χ3v) is 3.49. The smallest absolute Gasteiger partial charge is 0.144 e. The normalized spacial score (nSPS) is 15.2. The summed E-state index contributed by atoms with van der Waals surface area (Å²) in [6.07, 6.45) is 3.61. The second kappa shape index (κ2) is 5.10. The zero-order valence-electron chi connectivity index (χ0n) is 9.59. The molecule has 1 aliphatic carbocycles. The molecular formula is C11H16BrN3O. The lowest BCUT2D eigenvalue weighted by atomic mass is 10.2. The molecule has 0 saturated heterocycles. The van der Waals surface area contributed by atoms with Crippen LogP contribution in [0.1, 0.15) is 24.4 Å². The number of rotatable bonds is 5. The first-order valence-electron chi connectivity index (χ1n) is 5.46. The highest BCUT2D eigenvalue weighted by Crippen LogP contribution is 2.33. The van der Waals surface area contributed by atoms with Crippen molar-refractivity contribution < 1.29 is 4.74 Å². The molecular weight excluding hydrogens is 270 g/mol. The Labute approximate surface area is 104 Å². The van der Waals surface area contributed by atoms with Crippen molar-refractivity contribution in [3.8, 4) is 0 Å². The van der Waals surface area contributed by atoms with E-state index in [0.29, 0.717) is 6.61 Å². The molecule has 1 aromatic rings. The van der Waals surface area contributed by atoms with Crippen LogP contribution in [-0.4, -0.2) is 24.1 Å². The molecule has 0 aromatic carbocycles. The number of anilines is 1. The monoisotopic (exact) mass is 285 g/mol. The van der Waals surface area contributed by atoms with Crippen LogP contribution in [0.5, 0.6) is 0 Å². The van der Waals surface area contributed by atoms with E-state index in [1.165, 1.54) is 12.8 Å². The van der Waals surface area contributed by atoms with Gasteiger partial charge in [-0.25, -0.2) is 9.97 Å². The zero-order chi connectivity index (χ0) is 11.5. The SMILES string of the molecule is CNc1nc(CC2CC2)nc(COC)c1Br. The quantitative estimate of drug-likeness (QED) is 0.902. The summed E-state index contributed by atoms with van der Waals surface area (Å²) >= 11 is 3.49. The van der Waals surface area contributed by atoms with Gasteiger partial charge in [-0.15, -0.1) is 0 Å². The van der Waals surface area contributed by atoms with Gasteiger partial charge in [-0.05, 0) is 34.7 Å². The first-order valence-corrected chi connectivity index (χ1v) is 6.26. The van der Waals surface area contributed by atoms with Gasteiger partial charge >= 0.3 is 0 Å². The summed E-state index contributed by atoms with van der Waals surface area (Å²) in [5.41, 5.74) is 0.914. The number of ether oxygens (including phenoxy) is 1. The molecule has 0 aliphatic heterocycles. The van der Waals surface area contributed by atoms with E-state index in [1.54, 1.807) is 7.11 Å². The van der Waals surface area contributed by atoms with E-state index >= 15 is 0 Å². The fourth-order valence-electron chi connectivity index (χ4n) is 1.61. The molecule has 0 amide bonds. The Balaban J connectivity index is 2.26. The number of nitrogens with one attached hydrogen (secondary N) is 1. The van der Waals surface area contributed by atoms with Gasteiger partial charge in [0, 0.05) is 20.6 Å². The molecule has 1 aliphatic rings. The minimum atomic E-state index is 0.509. The molecule has 16 heavy (non-hydrogen) atoms. The molecule has 88 valence electrons. The lowest BCUT2D eigenvalue weighted by molar-refractivity contribution is 0.180. The summed E-state index contributed by atoms with van der Waals surface area (Å²) in [6.45, 7) is 0.509. The summed E-state index contributed by atoms with van der Waals surface area (Å²) in [5, 5.41) is 3.07. The predicted octanol–water partition coefficient (Wildman–Crippen LogP) is 2.38. The molecule has 0 unspecified atom stereocenters. The van der Waals surface area contributed by atoms with E-state index < -0.39 is 0 Å². The number of hydrogen-bond acceptors (Lipinski definition) is 4. The van der Waals surface area contributed by atoms with Gasteiger partial charge in [0.15, 0.2) is 0 Å². The first kappa shape index (κ1) is 11.8. The molecule has 0 bridgehead atoms. The Bertz CT molecular complexity index is 380. The Morgan fingerprint density at radius 3 is 2.75 bits per heavy atom. The highest BCUT2D eigenvalue weighted by Gasteiger charge is 2.23. The largest absolute Gasteiger partial charge is 0.378 e. The molecule has 0 radical (unpaired) electrons. The van der Waals surface area contributed by atoms with Crippen LogP contribution in [0.2, 0.25) is 0 Å². The average Bonchev–Trinajstić information content (AvgIpc) is 3.07. The molecule has 0 atom stereocenters. The third-order valence-electron chi connectivity index (χ3n) is 2.65. The van der Waals surface area contributed by atoms with E-state index in [9.17, 15) is 0 Å². The van der Waals surface area contributed by atoms with E-state index in [-0.39, 0.29) is 0 Å². The van der Waals surface area contributed by atoms with Gasteiger partial charge in [0.25, 0.3) is 0 Å². The highest BCUT2D eigenvalue weighted by molar-refractivity contribution is 9.10. The Morgan fingerprint density at radius 1 is 1.44 bits per heavy atom. The van der Waals surface area contributed by atoms with Gasteiger partial charge in [-0.1, -0.05) is 0 Å². The van der Waals surface area contributed by atoms with Crippen LogP contribution in [0.25, 0.3) is 0 Å². The van der Waals surface area contributed by atoms with Gasteiger partial charge < -0.3 is 10.1 Å². The standard InChI is InChI=1S/C11H16BrN3O/c1-13-11-10(12)8(6-16-2)14-9(15-11)5-7-3-4-7/h7H,3-6H2,1-2H3,(H,13,14,15). The third kappa shape index (κ3) is 2.71.